The van der Waals surface area contributed by atoms with Gasteiger partial charge in [-0.3, -0.25) is 9.36 Å². The Morgan fingerprint density at radius 1 is 1.16 bits per heavy atom. The van der Waals surface area contributed by atoms with Crippen LogP contribution in [0.15, 0.2) is 59.4 Å². The van der Waals surface area contributed by atoms with Crippen molar-refractivity contribution in [3.8, 4) is 17.2 Å². The Labute approximate surface area is 254 Å². The number of hydrogen-bond donors (Lipinski definition) is 1. The second-order valence-electron chi connectivity index (χ2n) is 13.0. The van der Waals surface area contributed by atoms with Crippen molar-refractivity contribution in [2.45, 2.75) is 110 Å². The first-order valence-electron chi connectivity index (χ1n) is 15.6. The molecule has 0 radical (unpaired) electrons. The topological polar surface area (TPSA) is 92.5 Å². The van der Waals surface area contributed by atoms with E-state index in [0.717, 1.165) is 77.8 Å². The molecule has 0 spiro atoms. The van der Waals surface area contributed by atoms with Crippen LogP contribution in [-0.4, -0.2) is 36.6 Å². The maximum absolute atomic E-state index is 14.5. The molecule has 0 bridgehead atoms. The molecule has 1 fully saturated rings. The highest BCUT2D eigenvalue weighted by atomic mass is 16.5. The molecule has 1 aliphatic rings. The summed E-state index contributed by atoms with van der Waals surface area (Å²) in [6, 6.07) is 20.2. The van der Waals surface area contributed by atoms with Gasteiger partial charge in [0.05, 0.1) is 40.3 Å². The molecular formula is C36H44N4O3. The lowest BCUT2D eigenvalue weighted by Gasteiger charge is -2.42. The van der Waals surface area contributed by atoms with Crippen molar-refractivity contribution in [1.29, 1.82) is 5.26 Å². The largest absolute Gasteiger partial charge is 0.388 e. The molecule has 1 atom stereocenters. The second kappa shape index (κ2) is 12.1. The summed E-state index contributed by atoms with van der Waals surface area (Å²) in [5.74, 6) is 0. The van der Waals surface area contributed by atoms with Gasteiger partial charge in [-0.1, -0.05) is 55.8 Å². The number of nitrogens with zero attached hydrogens (tertiary/aromatic N) is 4. The first kappa shape index (κ1) is 30.7. The number of ether oxygens (including phenoxy) is 1. The number of hydrogen-bond acceptors (Lipinski definition) is 5. The number of aliphatic hydroxyl groups is 1. The van der Waals surface area contributed by atoms with Crippen molar-refractivity contribution in [2.24, 2.45) is 0 Å². The molecule has 43 heavy (non-hydrogen) atoms. The number of rotatable bonds is 9. The standard InChI is InChI=1S/C36H44N4O3/c1-7-10-32-31(22-26-13-15-27(16-14-26)30-12-9-8-11-28(30)23-37)34(41)39(33-21-24(2)38-40(32)33)29-17-19-36(6,20-18-29)43-25(3)35(4,5)42/h8-9,11-16,21,25,29,42H,7,10,17-20,22H2,1-6H3. The molecule has 0 aliphatic heterocycles. The van der Waals surface area contributed by atoms with Gasteiger partial charge in [0.1, 0.15) is 5.65 Å². The van der Waals surface area contributed by atoms with Gasteiger partial charge in [0.2, 0.25) is 0 Å². The zero-order valence-corrected chi connectivity index (χ0v) is 26.4. The van der Waals surface area contributed by atoms with Gasteiger partial charge in [-0.15, -0.1) is 0 Å². The average Bonchev–Trinajstić information content (AvgIpc) is 3.36. The number of benzene rings is 2. The lowest BCUT2D eigenvalue weighted by Crippen LogP contribution is -2.45. The van der Waals surface area contributed by atoms with E-state index in [9.17, 15) is 15.2 Å². The Hall–Kier alpha value is -3.73. The van der Waals surface area contributed by atoms with Crippen molar-refractivity contribution < 1.29 is 9.84 Å². The van der Waals surface area contributed by atoms with Gasteiger partial charge >= 0.3 is 0 Å². The van der Waals surface area contributed by atoms with Gasteiger partial charge in [-0.25, -0.2) is 4.52 Å². The number of nitriles is 1. The predicted octanol–water partition coefficient (Wildman–Crippen LogP) is 6.94. The van der Waals surface area contributed by atoms with Crippen LogP contribution in [-0.2, 0) is 17.6 Å². The van der Waals surface area contributed by atoms with Crippen LogP contribution >= 0.6 is 0 Å². The Morgan fingerprint density at radius 3 is 2.47 bits per heavy atom. The van der Waals surface area contributed by atoms with Crippen LogP contribution in [0.2, 0.25) is 0 Å². The lowest BCUT2D eigenvalue weighted by molar-refractivity contribution is -0.163. The van der Waals surface area contributed by atoms with E-state index in [4.69, 9.17) is 9.84 Å². The summed E-state index contributed by atoms with van der Waals surface area (Å²) in [6.07, 6.45) is 5.14. The molecule has 0 saturated heterocycles. The van der Waals surface area contributed by atoms with E-state index >= 15 is 0 Å². The fourth-order valence-corrected chi connectivity index (χ4v) is 6.38. The zero-order valence-electron chi connectivity index (χ0n) is 26.4. The maximum atomic E-state index is 14.5. The first-order chi connectivity index (χ1) is 20.4. The second-order valence-corrected chi connectivity index (χ2v) is 13.0. The minimum Gasteiger partial charge on any atom is -0.388 e. The van der Waals surface area contributed by atoms with Gasteiger partial charge in [-0.2, -0.15) is 10.4 Å². The molecule has 2 heterocycles. The van der Waals surface area contributed by atoms with Crippen LogP contribution in [0.1, 0.15) is 101 Å². The third-order valence-electron chi connectivity index (χ3n) is 9.15. The summed E-state index contributed by atoms with van der Waals surface area (Å²) in [4.78, 5) is 14.5. The molecular weight excluding hydrogens is 536 g/mol. The lowest BCUT2D eigenvalue weighted by atomic mass is 9.82. The molecule has 1 saturated carbocycles. The van der Waals surface area contributed by atoms with E-state index in [-0.39, 0.29) is 23.3 Å². The fraction of sp³-hybridized carbons (Fsp3) is 0.472. The molecule has 2 aromatic carbocycles. The van der Waals surface area contributed by atoms with Crippen LogP contribution < -0.4 is 5.56 Å². The summed E-state index contributed by atoms with van der Waals surface area (Å²) in [5, 5.41) is 24.9. The van der Waals surface area contributed by atoms with Crippen LogP contribution in [0, 0.1) is 18.3 Å². The van der Waals surface area contributed by atoms with Gasteiger partial charge in [0.25, 0.3) is 5.56 Å². The molecule has 1 unspecified atom stereocenters. The highest BCUT2D eigenvalue weighted by molar-refractivity contribution is 5.70. The summed E-state index contributed by atoms with van der Waals surface area (Å²) < 4.78 is 10.4. The quantitative estimate of drug-likeness (QED) is 0.232. The van der Waals surface area contributed by atoms with E-state index < -0.39 is 5.60 Å². The number of fused-ring (bicyclic) bond motifs is 1. The normalized spacial score (nSPS) is 19.8. The summed E-state index contributed by atoms with van der Waals surface area (Å²) in [6.45, 7) is 11.7. The van der Waals surface area contributed by atoms with Crippen molar-refractivity contribution in [2.75, 3.05) is 0 Å². The predicted molar refractivity (Wildman–Crippen MR) is 170 cm³/mol. The molecule has 1 N–H and O–H groups in total. The highest BCUT2D eigenvalue weighted by Gasteiger charge is 2.38. The SMILES string of the molecule is CCCc1c(Cc2ccc(-c3ccccc3C#N)cc2)c(=O)n(C2CCC(C)(OC(C)C(C)(C)O)CC2)c2cc(C)nn12. The Morgan fingerprint density at radius 2 is 1.84 bits per heavy atom. The Balaban J connectivity index is 1.50. The van der Waals surface area contributed by atoms with E-state index in [1.807, 2.05) is 65.4 Å². The third-order valence-corrected chi connectivity index (χ3v) is 9.15. The summed E-state index contributed by atoms with van der Waals surface area (Å²) in [7, 11) is 0. The van der Waals surface area contributed by atoms with Crippen molar-refractivity contribution in [1.82, 2.24) is 14.2 Å². The molecule has 0 amide bonds. The van der Waals surface area contributed by atoms with Crippen LogP contribution in [0.25, 0.3) is 16.8 Å². The highest BCUT2D eigenvalue weighted by Crippen LogP contribution is 2.39. The van der Waals surface area contributed by atoms with Crippen LogP contribution in [0.4, 0.5) is 0 Å². The fourth-order valence-electron chi connectivity index (χ4n) is 6.38. The van der Waals surface area contributed by atoms with Gasteiger partial charge in [0.15, 0.2) is 0 Å². The summed E-state index contributed by atoms with van der Waals surface area (Å²) >= 11 is 0. The Kier molecular flexibility index (Phi) is 8.65. The van der Waals surface area contributed by atoms with E-state index in [0.29, 0.717) is 12.0 Å². The molecule has 7 nitrogen and oxygen atoms in total. The average molecular weight is 581 g/mol. The molecule has 5 rings (SSSR count). The molecule has 7 heteroatoms. The Bertz CT molecular complexity index is 1690. The van der Waals surface area contributed by atoms with Gasteiger partial charge < -0.3 is 9.84 Å². The van der Waals surface area contributed by atoms with E-state index in [2.05, 4.69) is 32.0 Å². The van der Waals surface area contributed by atoms with Crippen molar-refractivity contribution in [3.05, 3.63) is 93.0 Å². The molecule has 4 aromatic rings. The monoisotopic (exact) mass is 580 g/mol. The van der Waals surface area contributed by atoms with E-state index in [1.54, 1.807) is 13.8 Å². The van der Waals surface area contributed by atoms with E-state index in [1.165, 1.54) is 0 Å². The minimum absolute atomic E-state index is 0.0412. The van der Waals surface area contributed by atoms with Crippen molar-refractivity contribution >= 4 is 5.65 Å². The number of aryl methyl sites for hydroxylation is 2. The first-order valence-corrected chi connectivity index (χ1v) is 15.6. The number of aromatic nitrogens is 3. The molecule has 1 aliphatic carbocycles. The van der Waals surface area contributed by atoms with Crippen molar-refractivity contribution in [3.63, 3.8) is 0 Å². The maximum Gasteiger partial charge on any atom is 0.257 e. The zero-order chi connectivity index (χ0) is 30.9. The van der Waals surface area contributed by atoms with Crippen LogP contribution in [0.3, 0.4) is 0 Å². The molecule has 226 valence electrons. The third kappa shape index (κ3) is 6.32. The molecule has 2 aromatic heterocycles. The minimum atomic E-state index is -0.917. The van der Waals surface area contributed by atoms with Gasteiger partial charge in [0, 0.05) is 24.1 Å². The van der Waals surface area contributed by atoms with Gasteiger partial charge in [-0.05, 0) is 89.5 Å². The van der Waals surface area contributed by atoms with Crippen LogP contribution in [0.5, 0.6) is 0 Å². The summed E-state index contributed by atoms with van der Waals surface area (Å²) in [5.41, 5.74) is 5.91. The smallest absolute Gasteiger partial charge is 0.257 e.